The van der Waals surface area contributed by atoms with Crippen LogP contribution in [0, 0.1) is 0 Å². The number of ether oxygens (including phenoxy) is 1. The molecule has 1 saturated heterocycles. The van der Waals surface area contributed by atoms with Crippen molar-refractivity contribution in [3.63, 3.8) is 0 Å². The van der Waals surface area contributed by atoms with Crippen LogP contribution >= 0.6 is 11.6 Å². The molecule has 0 bridgehead atoms. The molecule has 1 fully saturated rings. The van der Waals surface area contributed by atoms with E-state index in [1.54, 1.807) is 12.1 Å². The van der Waals surface area contributed by atoms with E-state index >= 15 is 0 Å². The van der Waals surface area contributed by atoms with E-state index in [9.17, 15) is 4.79 Å². The lowest BCUT2D eigenvalue weighted by Gasteiger charge is -2.26. The number of carbonyl (C=O) groups is 1. The summed E-state index contributed by atoms with van der Waals surface area (Å²) in [6.45, 7) is 6.08. The van der Waals surface area contributed by atoms with Crippen LogP contribution in [0.2, 0.25) is 5.02 Å². The van der Waals surface area contributed by atoms with Gasteiger partial charge in [0, 0.05) is 6.54 Å². The Morgan fingerprint density at radius 1 is 1.30 bits per heavy atom. The number of rotatable bonds is 8. The van der Waals surface area contributed by atoms with Crippen molar-refractivity contribution >= 4 is 17.5 Å². The molecule has 0 unspecified atom stereocenters. The van der Waals surface area contributed by atoms with Crippen LogP contribution in [0.1, 0.15) is 39.0 Å². The maximum absolute atomic E-state index is 12.2. The summed E-state index contributed by atoms with van der Waals surface area (Å²) in [5, 5.41) is 3.51. The number of amides is 1. The molecule has 128 valence electrons. The van der Waals surface area contributed by atoms with E-state index in [2.05, 4.69) is 10.2 Å². The first-order valence-corrected chi connectivity index (χ1v) is 8.99. The fourth-order valence-corrected chi connectivity index (χ4v) is 3.01. The van der Waals surface area contributed by atoms with Crippen LogP contribution in [0.5, 0.6) is 5.75 Å². The minimum Gasteiger partial charge on any atom is -0.479 e. The summed E-state index contributed by atoms with van der Waals surface area (Å²) >= 11 is 6.08. The van der Waals surface area contributed by atoms with E-state index in [0.29, 0.717) is 23.7 Å². The number of carbonyl (C=O) groups excluding carboxylic acids is 1. The van der Waals surface area contributed by atoms with Gasteiger partial charge in [0.05, 0.1) is 5.02 Å². The quantitative estimate of drug-likeness (QED) is 0.738. The minimum atomic E-state index is -0.495. The maximum Gasteiger partial charge on any atom is 0.261 e. The van der Waals surface area contributed by atoms with Crippen LogP contribution in [-0.2, 0) is 4.79 Å². The van der Waals surface area contributed by atoms with Gasteiger partial charge in [-0.3, -0.25) is 4.79 Å². The predicted molar refractivity (Wildman–Crippen MR) is 94.1 cm³/mol. The Morgan fingerprint density at radius 2 is 2.04 bits per heavy atom. The Hall–Kier alpha value is -1.26. The van der Waals surface area contributed by atoms with Crippen LogP contribution < -0.4 is 10.1 Å². The number of para-hydroxylation sites is 1. The van der Waals surface area contributed by atoms with Gasteiger partial charge in [0.15, 0.2) is 6.10 Å². The smallest absolute Gasteiger partial charge is 0.261 e. The summed E-state index contributed by atoms with van der Waals surface area (Å²) in [7, 11) is 0. The third kappa shape index (κ3) is 6.04. The lowest BCUT2D eigenvalue weighted by molar-refractivity contribution is -0.128. The number of nitrogens with one attached hydrogen (secondary N) is 1. The monoisotopic (exact) mass is 338 g/mol. The summed E-state index contributed by atoms with van der Waals surface area (Å²) in [5.74, 6) is 0.496. The first kappa shape index (κ1) is 18.1. The van der Waals surface area contributed by atoms with E-state index in [4.69, 9.17) is 16.3 Å². The van der Waals surface area contributed by atoms with Gasteiger partial charge in [-0.2, -0.15) is 0 Å². The summed E-state index contributed by atoms with van der Waals surface area (Å²) < 4.78 is 5.75. The molecule has 1 N–H and O–H groups in total. The summed E-state index contributed by atoms with van der Waals surface area (Å²) in [6, 6.07) is 7.25. The highest BCUT2D eigenvalue weighted by Gasteiger charge is 2.19. The molecule has 1 heterocycles. The zero-order valence-corrected chi connectivity index (χ0v) is 14.6. The second-order valence-electron chi connectivity index (χ2n) is 5.99. The molecule has 1 aromatic carbocycles. The lowest BCUT2D eigenvalue weighted by atomic mass is 10.1. The first-order chi connectivity index (χ1) is 11.2. The normalized spacial score (nSPS) is 16.8. The molecule has 0 saturated carbocycles. The molecule has 1 aliphatic rings. The SMILES string of the molecule is CC[C@@H](Oc1ccccc1Cl)C(=O)NCCCN1CCCCC1. The van der Waals surface area contributed by atoms with Gasteiger partial charge in [-0.15, -0.1) is 0 Å². The first-order valence-electron chi connectivity index (χ1n) is 8.62. The molecule has 0 radical (unpaired) electrons. The van der Waals surface area contributed by atoms with Crippen LogP contribution in [0.15, 0.2) is 24.3 Å². The van der Waals surface area contributed by atoms with Crippen molar-refractivity contribution in [3.8, 4) is 5.75 Å². The fourth-order valence-electron chi connectivity index (χ4n) is 2.83. The molecule has 1 amide bonds. The highest BCUT2D eigenvalue weighted by molar-refractivity contribution is 6.32. The lowest BCUT2D eigenvalue weighted by Crippen LogP contribution is -2.39. The van der Waals surface area contributed by atoms with E-state index in [1.165, 1.54) is 32.4 Å². The Morgan fingerprint density at radius 3 is 2.74 bits per heavy atom. The molecular formula is C18H27ClN2O2. The average molecular weight is 339 g/mol. The van der Waals surface area contributed by atoms with Crippen molar-refractivity contribution < 1.29 is 9.53 Å². The van der Waals surface area contributed by atoms with Crippen LogP contribution in [0.25, 0.3) is 0 Å². The van der Waals surface area contributed by atoms with Crippen molar-refractivity contribution in [2.24, 2.45) is 0 Å². The van der Waals surface area contributed by atoms with Crippen LogP contribution in [0.4, 0.5) is 0 Å². The average Bonchev–Trinajstić information content (AvgIpc) is 2.59. The molecule has 4 nitrogen and oxygen atoms in total. The van der Waals surface area contributed by atoms with Gasteiger partial charge < -0.3 is 15.0 Å². The molecule has 2 rings (SSSR count). The third-order valence-corrected chi connectivity index (χ3v) is 4.48. The zero-order valence-electron chi connectivity index (χ0n) is 13.9. The van der Waals surface area contributed by atoms with Crippen LogP contribution in [0.3, 0.4) is 0 Å². The van der Waals surface area contributed by atoms with E-state index in [1.807, 2.05) is 19.1 Å². The van der Waals surface area contributed by atoms with Crippen molar-refractivity contribution in [2.45, 2.75) is 45.1 Å². The van der Waals surface area contributed by atoms with Crippen molar-refractivity contribution in [1.82, 2.24) is 10.2 Å². The Labute approximate surface area is 144 Å². The Balaban J connectivity index is 1.71. The largest absolute Gasteiger partial charge is 0.479 e. The standard InChI is InChI=1S/C18H27ClN2O2/c1-2-16(23-17-10-5-4-9-15(17)19)18(22)20-11-8-14-21-12-6-3-7-13-21/h4-5,9-10,16H,2-3,6-8,11-14H2,1H3,(H,20,22)/t16-/m1/s1. The second-order valence-corrected chi connectivity index (χ2v) is 6.40. The molecule has 1 aliphatic heterocycles. The molecule has 1 atom stereocenters. The number of halogens is 1. The second kappa shape index (κ2) is 9.78. The topological polar surface area (TPSA) is 41.6 Å². The van der Waals surface area contributed by atoms with Crippen molar-refractivity contribution in [1.29, 1.82) is 0 Å². The van der Waals surface area contributed by atoms with Gasteiger partial charge in [0.1, 0.15) is 5.75 Å². The van der Waals surface area contributed by atoms with E-state index in [-0.39, 0.29) is 5.91 Å². The minimum absolute atomic E-state index is 0.0638. The highest BCUT2D eigenvalue weighted by atomic mass is 35.5. The number of likely N-dealkylation sites (tertiary alicyclic amines) is 1. The summed E-state index contributed by atoms with van der Waals surface area (Å²) in [4.78, 5) is 14.7. The van der Waals surface area contributed by atoms with Crippen molar-refractivity contribution in [2.75, 3.05) is 26.2 Å². The van der Waals surface area contributed by atoms with Gasteiger partial charge in [-0.25, -0.2) is 0 Å². The third-order valence-electron chi connectivity index (χ3n) is 4.17. The van der Waals surface area contributed by atoms with Gasteiger partial charge in [0.25, 0.3) is 5.91 Å². The molecule has 0 aromatic heterocycles. The van der Waals surface area contributed by atoms with Gasteiger partial charge in [-0.05, 0) is 57.5 Å². The predicted octanol–water partition coefficient (Wildman–Crippen LogP) is 3.49. The molecular weight excluding hydrogens is 312 g/mol. The molecule has 0 aliphatic carbocycles. The molecule has 23 heavy (non-hydrogen) atoms. The fraction of sp³-hybridized carbons (Fsp3) is 0.611. The summed E-state index contributed by atoms with van der Waals surface area (Å²) in [6.07, 6.45) is 5.05. The van der Waals surface area contributed by atoms with Gasteiger partial charge >= 0.3 is 0 Å². The summed E-state index contributed by atoms with van der Waals surface area (Å²) in [5.41, 5.74) is 0. The van der Waals surface area contributed by atoms with E-state index < -0.39 is 6.10 Å². The Bertz CT molecular complexity index is 490. The maximum atomic E-state index is 12.2. The zero-order chi connectivity index (χ0) is 16.5. The van der Waals surface area contributed by atoms with E-state index in [0.717, 1.165) is 13.0 Å². The van der Waals surface area contributed by atoms with Crippen molar-refractivity contribution in [3.05, 3.63) is 29.3 Å². The number of piperidine rings is 1. The highest BCUT2D eigenvalue weighted by Crippen LogP contribution is 2.24. The molecule has 5 heteroatoms. The Kier molecular flexibility index (Phi) is 7.69. The number of nitrogens with zero attached hydrogens (tertiary/aromatic N) is 1. The van der Waals surface area contributed by atoms with Gasteiger partial charge in [0.2, 0.25) is 0 Å². The number of benzene rings is 1. The number of hydrogen-bond acceptors (Lipinski definition) is 3. The van der Waals surface area contributed by atoms with Crippen LogP contribution in [-0.4, -0.2) is 43.1 Å². The van der Waals surface area contributed by atoms with Gasteiger partial charge in [-0.1, -0.05) is 37.1 Å². The molecule has 1 aromatic rings. The number of hydrogen-bond donors (Lipinski definition) is 1. The molecule has 0 spiro atoms.